The quantitative estimate of drug-likeness (QED) is 0.804. The predicted octanol–water partition coefficient (Wildman–Crippen LogP) is 1.64. The molecule has 2 saturated carbocycles. The van der Waals surface area contributed by atoms with Gasteiger partial charge in [-0.3, -0.25) is 0 Å². The summed E-state index contributed by atoms with van der Waals surface area (Å²) in [4.78, 5) is 0.274. The number of rotatable bonds is 7. The van der Waals surface area contributed by atoms with Crippen molar-refractivity contribution in [1.29, 1.82) is 0 Å². The highest BCUT2D eigenvalue weighted by atomic mass is 32.2. The summed E-state index contributed by atoms with van der Waals surface area (Å²) in [5, 5.41) is 9.34. The molecule has 5 nitrogen and oxygen atoms in total. The number of aliphatic hydroxyl groups is 1. The molecule has 2 aliphatic carbocycles. The fourth-order valence-electron chi connectivity index (χ4n) is 2.62. The number of nitrogens with one attached hydrogen (secondary N) is 1. The Balaban J connectivity index is 1.72. The monoisotopic (exact) mass is 298 g/mol. The van der Waals surface area contributed by atoms with Crippen LogP contribution >= 0.6 is 0 Å². The van der Waals surface area contributed by atoms with Gasteiger partial charge in [0.2, 0.25) is 10.0 Å². The number of sulfonamides is 1. The first-order valence-corrected chi connectivity index (χ1v) is 8.81. The van der Waals surface area contributed by atoms with E-state index in [1.54, 1.807) is 12.3 Å². The number of hydrogen-bond acceptors (Lipinski definition) is 3. The molecule has 0 aromatic carbocycles. The van der Waals surface area contributed by atoms with Gasteiger partial charge in [0.1, 0.15) is 0 Å². The molecule has 0 radical (unpaired) electrons. The van der Waals surface area contributed by atoms with E-state index in [9.17, 15) is 13.5 Å². The topological polar surface area (TPSA) is 71.3 Å². The Morgan fingerprint density at radius 2 is 2.10 bits per heavy atom. The number of aromatic nitrogens is 1. The van der Waals surface area contributed by atoms with Crippen LogP contribution in [0.5, 0.6) is 0 Å². The van der Waals surface area contributed by atoms with Crippen molar-refractivity contribution in [3.63, 3.8) is 0 Å². The lowest BCUT2D eigenvalue weighted by Gasteiger charge is -2.11. The molecule has 3 rings (SSSR count). The number of nitrogens with zero attached hydrogens (tertiary/aromatic N) is 1. The van der Waals surface area contributed by atoms with Gasteiger partial charge in [-0.15, -0.1) is 0 Å². The molecular formula is C14H22N2O3S. The maximum Gasteiger partial charge on any atom is 0.242 e. The Morgan fingerprint density at radius 1 is 1.40 bits per heavy atom. The van der Waals surface area contributed by atoms with Crippen LogP contribution in [0.1, 0.15) is 44.3 Å². The lowest BCUT2D eigenvalue weighted by atomic mass is 10.1. The van der Waals surface area contributed by atoms with Gasteiger partial charge < -0.3 is 9.67 Å². The summed E-state index contributed by atoms with van der Waals surface area (Å²) in [5.41, 5.74) is 0.683. The molecule has 0 bridgehead atoms. The van der Waals surface area contributed by atoms with E-state index in [1.165, 1.54) is 12.8 Å². The van der Waals surface area contributed by atoms with E-state index in [0.717, 1.165) is 12.8 Å². The van der Waals surface area contributed by atoms with Crippen LogP contribution in [0.2, 0.25) is 0 Å². The molecule has 0 saturated heterocycles. The maximum atomic E-state index is 12.3. The molecule has 1 heterocycles. The van der Waals surface area contributed by atoms with Crippen molar-refractivity contribution in [1.82, 2.24) is 9.29 Å². The van der Waals surface area contributed by atoms with Gasteiger partial charge in [-0.05, 0) is 43.6 Å². The summed E-state index contributed by atoms with van der Waals surface area (Å²) in [5.74, 6) is 1.08. The van der Waals surface area contributed by atoms with Crippen LogP contribution in [0.4, 0.5) is 0 Å². The molecule has 20 heavy (non-hydrogen) atoms. The third kappa shape index (κ3) is 2.92. The minimum Gasteiger partial charge on any atom is -0.390 e. The SMILES string of the molecule is CC(CNS(=O)(=O)c1cc(CO)n(C2CC2)c1)C1CC1. The molecule has 1 aromatic heterocycles. The fourth-order valence-corrected chi connectivity index (χ4v) is 3.81. The highest BCUT2D eigenvalue weighted by Gasteiger charge is 2.30. The van der Waals surface area contributed by atoms with Gasteiger partial charge >= 0.3 is 0 Å². The Hall–Kier alpha value is -0.850. The van der Waals surface area contributed by atoms with Crippen LogP contribution in [0, 0.1) is 11.8 Å². The van der Waals surface area contributed by atoms with Crippen molar-refractivity contribution in [2.75, 3.05) is 6.54 Å². The molecule has 0 amide bonds. The zero-order chi connectivity index (χ0) is 14.3. The zero-order valence-corrected chi connectivity index (χ0v) is 12.6. The van der Waals surface area contributed by atoms with Crippen LogP contribution in [-0.4, -0.2) is 24.6 Å². The lowest BCUT2D eigenvalue weighted by molar-refractivity contribution is 0.270. The van der Waals surface area contributed by atoms with Gasteiger partial charge in [-0.1, -0.05) is 6.92 Å². The van der Waals surface area contributed by atoms with Gasteiger partial charge in [0, 0.05) is 24.5 Å². The summed E-state index contributed by atoms with van der Waals surface area (Å²) in [7, 11) is -3.46. The first-order chi connectivity index (χ1) is 9.51. The standard InChI is InChI=1S/C14H22N2O3S/c1-10(11-2-3-11)7-15-20(18,19)14-6-13(9-17)16(8-14)12-4-5-12/h6,8,10-12,15,17H,2-5,7,9H2,1H3. The average molecular weight is 298 g/mol. The van der Waals surface area contributed by atoms with Crippen LogP contribution in [0.15, 0.2) is 17.2 Å². The van der Waals surface area contributed by atoms with Crippen molar-refractivity contribution in [2.24, 2.45) is 11.8 Å². The molecule has 112 valence electrons. The molecule has 0 spiro atoms. The van der Waals surface area contributed by atoms with Gasteiger partial charge in [-0.25, -0.2) is 13.1 Å². The largest absolute Gasteiger partial charge is 0.390 e. The molecule has 2 fully saturated rings. The average Bonchev–Trinajstić information content (AvgIpc) is 3.32. The van der Waals surface area contributed by atoms with Crippen molar-refractivity contribution >= 4 is 10.0 Å². The summed E-state index contributed by atoms with van der Waals surface area (Å²) in [6, 6.07) is 1.95. The molecule has 0 aliphatic heterocycles. The van der Waals surface area contributed by atoms with E-state index in [2.05, 4.69) is 11.6 Å². The maximum absolute atomic E-state index is 12.3. The molecule has 2 aliphatic rings. The highest BCUT2D eigenvalue weighted by molar-refractivity contribution is 7.89. The molecule has 1 atom stereocenters. The first-order valence-electron chi connectivity index (χ1n) is 7.32. The smallest absolute Gasteiger partial charge is 0.242 e. The minimum absolute atomic E-state index is 0.121. The second-order valence-electron chi connectivity index (χ2n) is 6.13. The molecule has 1 unspecified atom stereocenters. The Bertz CT molecular complexity index is 586. The third-order valence-electron chi connectivity index (χ3n) is 4.34. The van der Waals surface area contributed by atoms with Gasteiger partial charge in [0.25, 0.3) is 0 Å². The highest BCUT2D eigenvalue weighted by Crippen LogP contribution is 2.38. The van der Waals surface area contributed by atoms with E-state index in [0.29, 0.717) is 30.1 Å². The third-order valence-corrected chi connectivity index (χ3v) is 5.73. The summed E-state index contributed by atoms with van der Waals surface area (Å²) in [6.07, 6.45) is 6.22. The van der Waals surface area contributed by atoms with Gasteiger partial charge in [0.05, 0.1) is 11.5 Å². The van der Waals surface area contributed by atoms with Crippen molar-refractivity contribution in [3.05, 3.63) is 18.0 Å². The minimum atomic E-state index is -3.46. The van der Waals surface area contributed by atoms with Crippen molar-refractivity contribution in [3.8, 4) is 0 Å². The Labute approximate surface area is 120 Å². The van der Waals surface area contributed by atoms with E-state index >= 15 is 0 Å². The van der Waals surface area contributed by atoms with Crippen molar-refractivity contribution < 1.29 is 13.5 Å². The summed E-state index contributed by atoms with van der Waals surface area (Å²) < 4.78 is 29.2. The Morgan fingerprint density at radius 3 is 2.65 bits per heavy atom. The first kappa shape index (κ1) is 14.1. The van der Waals surface area contributed by atoms with E-state index in [1.807, 2.05) is 4.57 Å². The summed E-state index contributed by atoms with van der Waals surface area (Å²) in [6.45, 7) is 2.47. The second-order valence-corrected chi connectivity index (χ2v) is 7.90. The molecular weight excluding hydrogens is 276 g/mol. The molecule has 6 heteroatoms. The van der Waals surface area contributed by atoms with E-state index < -0.39 is 10.0 Å². The Kier molecular flexibility index (Phi) is 3.64. The number of aliphatic hydroxyl groups excluding tert-OH is 1. The van der Waals surface area contributed by atoms with E-state index in [-0.39, 0.29) is 11.5 Å². The van der Waals surface area contributed by atoms with Crippen LogP contribution < -0.4 is 4.72 Å². The zero-order valence-electron chi connectivity index (χ0n) is 11.7. The van der Waals surface area contributed by atoms with Crippen LogP contribution in [0.3, 0.4) is 0 Å². The second kappa shape index (κ2) is 5.16. The number of hydrogen-bond donors (Lipinski definition) is 2. The van der Waals surface area contributed by atoms with Crippen LogP contribution in [0.25, 0.3) is 0 Å². The fraction of sp³-hybridized carbons (Fsp3) is 0.714. The van der Waals surface area contributed by atoms with Gasteiger partial charge in [0.15, 0.2) is 0 Å². The molecule has 2 N–H and O–H groups in total. The lowest BCUT2D eigenvalue weighted by Crippen LogP contribution is -2.28. The normalized spacial score (nSPS) is 21.1. The predicted molar refractivity (Wildman–Crippen MR) is 75.7 cm³/mol. The summed E-state index contributed by atoms with van der Waals surface area (Å²) >= 11 is 0. The van der Waals surface area contributed by atoms with Gasteiger partial charge in [-0.2, -0.15) is 0 Å². The molecule has 1 aromatic rings. The van der Waals surface area contributed by atoms with Crippen molar-refractivity contribution in [2.45, 2.75) is 50.2 Å². The van der Waals surface area contributed by atoms with E-state index in [4.69, 9.17) is 0 Å². The van der Waals surface area contributed by atoms with Crippen LogP contribution in [-0.2, 0) is 16.6 Å².